The minimum Gasteiger partial charge on any atom is -0.504 e. The van der Waals surface area contributed by atoms with Crippen LogP contribution in [0.4, 0.5) is 4.39 Å². The number of aryl methyl sites for hydroxylation is 1. The summed E-state index contributed by atoms with van der Waals surface area (Å²) in [7, 11) is 2.11. The second kappa shape index (κ2) is 4.47. The Balaban J connectivity index is 3.64. The summed E-state index contributed by atoms with van der Waals surface area (Å²) in [4.78, 5) is -0.649. The van der Waals surface area contributed by atoms with Crippen LogP contribution in [0.2, 0.25) is 0 Å². The summed E-state index contributed by atoms with van der Waals surface area (Å²) < 4.78 is 40.4. The molecule has 0 saturated carbocycles. The number of benzene rings is 1. The van der Waals surface area contributed by atoms with E-state index >= 15 is 0 Å². The summed E-state index contributed by atoms with van der Waals surface area (Å²) in [6.07, 6.45) is 0.347. The second-order valence-corrected chi connectivity index (χ2v) is 5.56. The van der Waals surface area contributed by atoms with Gasteiger partial charge >= 0.3 is 0 Å². The van der Waals surface area contributed by atoms with Gasteiger partial charge in [-0.3, -0.25) is 0 Å². The molecule has 0 aliphatic heterocycles. The van der Waals surface area contributed by atoms with Gasteiger partial charge in [-0.25, -0.2) is 8.42 Å². The quantitative estimate of drug-likeness (QED) is 0.852. The molecule has 0 aliphatic carbocycles. The van der Waals surface area contributed by atoms with Crippen molar-refractivity contribution in [2.24, 2.45) is 0 Å². The Morgan fingerprint density at radius 3 is 2.50 bits per heavy atom. The zero-order valence-electron chi connectivity index (χ0n) is 8.62. The molecule has 0 fully saturated rings. The van der Waals surface area contributed by atoms with Gasteiger partial charge in [0.15, 0.2) is 11.5 Å². The third-order valence-electron chi connectivity index (χ3n) is 2.09. The highest BCUT2D eigenvalue weighted by molar-refractivity contribution is 8.13. The van der Waals surface area contributed by atoms with Gasteiger partial charge in [0, 0.05) is 10.7 Å². The van der Waals surface area contributed by atoms with Crippen molar-refractivity contribution in [1.29, 1.82) is 0 Å². The SMILES string of the molecule is CCc1cc(S(=O)(=O)Cl)c(O)c(F)c1OC. The summed E-state index contributed by atoms with van der Waals surface area (Å²) in [6, 6.07) is 1.10. The number of rotatable bonds is 3. The van der Waals surface area contributed by atoms with Gasteiger partial charge in [0.2, 0.25) is 5.82 Å². The van der Waals surface area contributed by atoms with E-state index in [4.69, 9.17) is 15.4 Å². The molecule has 7 heteroatoms. The van der Waals surface area contributed by atoms with Crippen molar-refractivity contribution >= 4 is 19.7 Å². The van der Waals surface area contributed by atoms with E-state index in [1.165, 1.54) is 7.11 Å². The molecular formula is C9H10ClFO4S. The van der Waals surface area contributed by atoms with Crippen molar-refractivity contribution in [3.05, 3.63) is 17.4 Å². The molecule has 0 radical (unpaired) electrons. The molecule has 0 saturated heterocycles. The first-order valence-corrected chi connectivity index (χ1v) is 6.66. The summed E-state index contributed by atoms with van der Waals surface area (Å²) in [5.41, 5.74) is 0.317. The third-order valence-corrected chi connectivity index (χ3v) is 3.42. The molecule has 0 unspecified atom stereocenters. The largest absolute Gasteiger partial charge is 0.504 e. The van der Waals surface area contributed by atoms with Crippen LogP contribution in [0, 0.1) is 5.82 Å². The molecule has 1 aromatic rings. The normalized spacial score (nSPS) is 11.5. The van der Waals surface area contributed by atoms with Crippen LogP contribution in [0.5, 0.6) is 11.5 Å². The van der Waals surface area contributed by atoms with Gasteiger partial charge in [0.05, 0.1) is 7.11 Å². The van der Waals surface area contributed by atoms with Gasteiger partial charge < -0.3 is 9.84 Å². The molecule has 0 aromatic heterocycles. The minimum atomic E-state index is -4.19. The van der Waals surface area contributed by atoms with Crippen molar-refractivity contribution in [2.75, 3.05) is 7.11 Å². The molecule has 1 N–H and O–H groups in total. The van der Waals surface area contributed by atoms with Crippen molar-refractivity contribution < 1.29 is 22.7 Å². The molecule has 0 atom stereocenters. The van der Waals surface area contributed by atoms with Gasteiger partial charge in [-0.2, -0.15) is 4.39 Å². The lowest BCUT2D eigenvalue weighted by Gasteiger charge is -2.11. The first kappa shape index (κ1) is 13.1. The molecule has 1 aromatic carbocycles. The Labute approximate surface area is 97.0 Å². The fourth-order valence-corrected chi connectivity index (χ4v) is 2.27. The van der Waals surface area contributed by atoms with Crippen molar-refractivity contribution in [1.82, 2.24) is 0 Å². The van der Waals surface area contributed by atoms with Crippen molar-refractivity contribution in [3.8, 4) is 11.5 Å². The molecular weight excluding hydrogens is 259 g/mol. The lowest BCUT2D eigenvalue weighted by atomic mass is 10.1. The van der Waals surface area contributed by atoms with Crippen LogP contribution in [0.25, 0.3) is 0 Å². The Hall–Kier alpha value is -1.01. The van der Waals surface area contributed by atoms with E-state index in [1.807, 2.05) is 0 Å². The van der Waals surface area contributed by atoms with E-state index in [0.29, 0.717) is 12.0 Å². The van der Waals surface area contributed by atoms with Crippen molar-refractivity contribution in [3.63, 3.8) is 0 Å². The van der Waals surface area contributed by atoms with E-state index in [1.54, 1.807) is 6.92 Å². The fourth-order valence-electron chi connectivity index (χ4n) is 1.32. The standard InChI is InChI=1S/C9H10ClFO4S/c1-3-5-4-6(16(10,13)14)8(12)7(11)9(5)15-2/h4,12H,3H2,1-2H3. The van der Waals surface area contributed by atoms with Gasteiger partial charge in [-0.05, 0) is 18.1 Å². The summed E-state index contributed by atoms with van der Waals surface area (Å²) in [5.74, 6) is -2.32. The molecule has 0 spiro atoms. The number of hydrogen-bond donors (Lipinski definition) is 1. The lowest BCUT2D eigenvalue weighted by molar-refractivity contribution is 0.355. The second-order valence-electron chi connectivity index (χ2n) is 3.02. The molecule has 0 heterocycles. The average molecular weight is 269 g/mol. The predicted octanol–water partition coefficient (Wildman–Crippen LogP) is 2.03. The lowest BCUT2D eigenvalue weighted by Crippen LogP contribution is -2.00. The highest BCUT2D eigenvalue weighted by Gasteiger charge is 2.24. The van der Waals surface area contributed by atoms with Gasteiger partial charge in [-0.15, -0.1) is 0 Å². The van der Waals surface area contributed by atoms with Crippen LogP contribution in [0.15, 0.2) is 11.0 Å². The Morgan fingerprint density at radius 2 is 2.12 bits per heavy atom. The minimum absolute atomic E-state index is 0.177. The topological polar surface area (TPSA) is 63.6 Å². The monoisotopic (exact) mass is 268 g/mol. The van der Waals surface area contributed by atoms with Gasteiger partial charge in [-0.1, -0.05) is 6.92 Å². The molecule has 4 nitrogen and oxygen atoms in total. The number of halogens is 2. The first-order chi connectivity index (χ1) is 7.32. The molecule has 0 amide bonds. The van der Waals surface area contributed by atoms with E-state index in [2.05, 4.69) is 0 Å². The Morgan fingerprint density at radius 1 is 1.56 bits per heavy atom. The zero-order chi connectivity index (χ0) is 12.5. The Kier molecular flexibility index (Phi) is 3.64. The molecule has 16 heavy (non-hydrogen) atoms. The van der Waals surface area contributed by atoms with E-state index in [0.717, 1.165) is 6.07 Å². The van der Waals surface area contributed by atoms with Crippen LogP contribution >= 0.6 is 10.7 Å². The van der Waals surface area contributed by atoms with Crippen LogP contribution in [-0.2, 0) is 15.5 Å². The number of hydrogen-bond acceptors (Lipinski definition) is 4. The van der Waals surface area contributed by atoms with Crippen LogP contribution in [-0.4, -0.2) is 20.6 Å². The van der Waals surface area contributed by atoms with E-state index in [9.17, 15) is 17.9 Å². The van der Waals surface area contributed by atoms with Crippen molar-refractivity contribution in [2.45, 2.75) is 18.2 Å². The molecule has 0 aliphatic rings. The summed E-state index contributed by atoms with van der Waals surface area (Å²) in [5, 5.41) is 9.35. The number of aromatic hydroxyl groups is 1. The third kappa shape index (κ3) is 2.22. The Bertz CT molecular complexity index is 513. The van der Waals surface area contributed by atoms with Gasteiger partial charge in [0.25, 0.3) is 9.05 Å². The zero-order valence-corrected chi connectivity index (χ0v) is 10.2. The molecule has 1 rings (SSSR count). The predicted molar refractivity (Wildman–Crippen MR) is 57.0 cm³/mol. The number of methoxy groups -OCH3 is 1. The number of phenolic OH excluding ortho intramolecular Hbond substituents is 1. The highest BCUT2D eigenvalue weighted by atomic mass is 35.7. The highest BCUT2D eigenvalue weighted by Crippen LogP contribution is 2.37. The maximum atomic E-state index is 13.5. The number of ether oxygens (including phenoxy) is 1. The van der Waals surface area contributed by atoms with Crippen LogP contribution in [0.3, 0.4) is 0 Å². The van der Waals surface area contributed by atoms with E-state index in [-0.39, 0.29) is 5.75 Å². The molecule has 0 bridgehead atoms. The van der Waals surface area contributed by atoms with Crippen LogP contribution in [0.1, 0.15) is 12.5 Å². The fraction of sp³-hybridized carbons (Fsp3) is 0.333. The van der Waals surface area contributed by atoms with Crippen LogP contribution < -0.4 is 4.74 Å². The number of phenols is 1. The van der Waals surface area contributed by atoms with E-state index < -0.39 is 25.5 Å². The smallest absolute Gasteiger partial charge is 0.265 e. The average Bonchev–Trinajstić information content (AvgIpc) is 2.19. The summed E-state index contributed by atoms with van der Waals surface area (Å²) in [6.45, 7) is 1.69. The first-order valence-electron chi connectivity index (χ1n) is 4.35. The molecule has 90 valence electrons. The summed E-state index contributed by atoms with van der Waals surface area (Å²) >= 11 is 0. The maximum Gasteiger partial charge on any atom is 0.265 e. The van der Waals surface area contributed by atoms with Gasteiger partial charge in [0.1, 0.15) is 4.90 Å². The maximum absolute atomic E-state index is 13.5.